The van der Waals surface area contributed by atoms with Crippen molar-refractivity contribution in [3.8, 4) is 5.75 Å². The number of rotatable bonds is 10. The number of hydrogen-bond acceptors (Lipinski definition) is 5. The molecule has 1 atom stereocenters. The average Bonchev–Trinajstić information content (AvgIpc) is 3.04. The summed E-state index contributed by atoms with van der Waals surface area (Å²) in [6, 6.07) is 4.89. The third-order valence-electron chi connectivity index (χ3n) is 5.24. The van der Waals surface area contributed by atoms with Crippen LogP contribution in [-0.2, 0) is 16.1 Å². The first-order chi connectivity index (χ1) is 14.1. The molecule has 0 saturated carbocycles. The summed E-state index contributed by atoms with van der Waals surface area (Å²) in [5.74, 6) is -0.378. The molecule has 0 aromatic heterocycles. The van der Waals surface area contributed by atoms with Crippen molar-refractivity contribution in [2.45, 2.75) is 57.5 Å². The zero-order valence-electron chi connectivity index (χ0n) is 16.3. The normalized spacial score (nSPS) is 18.3. The molecule has 2 aliphatic rings. The second-order valence-electron chi connectivity index (χ2n) is 7.26. The first-order valence-electron chi connectivity index (χ1n) is 10.0. The fourth-order valence-electron chi connectivity index (χ4n) is 3.74. The van der Waals surface area contributed by atoms with Gasteiger partial charge in [-0.3, -0.25) is 19.7 Å². The molecule has 2 heterocycles. The van der Waals surface area contributed by atoms with E-state index in [4.69, 9.17) is 10.3 Å². The minimum atomic E-state index is -0.620. The third-order valence-corrected chi connectivity index (χ3v) is 5.24. The van der Waals surface area contributed by atoms with E-state index < -0.39 is 11.9 Å². The number of nitrogens with zero attached hydrogens (tertiary/aromatic N) is 4. The van der Waals surface area contributed by atoms with Gasteiger partial charge in [0.25, 0.3) is 5.91 Å². The van der Waals surface area contributed by atoms with Crippen molar-refractivity contribution >= 4 is 17.7 Å². The molecule has 2 aliphatic heterocycles. The van der Waals surface area contributed by atoms with Crippen molar-refractivity contribution in [3.05, 3.63) is 39.8 Å². The number of piperidine rings is 1. The van der Waals surface area contributed by atoms with Gasteiger partial charge in [-0.05, 0) is 36.4 Å². The highest BCUT2D eigenvalue weighted by molar-refractivity contribution is 6.06. The molecule has 3 amide bonds. The van der Waals surface area contributed by atoms with Gasteiger partial charge in [0.2, 0.25) is 11.8 Å². The van der Waals surface area contributed by atoms with Crippen LogP contribution in [0.15, 0.2) is 23.3 Å². The number of benzene rings is 1. The minimum absolute atomic E-state index is 0.219. The lowest BCUT2D eigenvalue weighted by molar-refractivity contribution is -0.136. The van der Waals surface area contributed by atoms with Crippen LogP contribution in [0.4, 0.5) is 0 Å². The van der Waals surface area contributed by atoms with E-state index in [0.29, 0.717) is 37.4 Å². The molecule has 154 valence electrons. The highest BCUT2D eigenvalue weighted by Gasteiger charge is 2.40. The van der Waals surface area contributed by atoms with Crippen LogP contribution in [0.2, 0.25) is 0 Å². The van der Waals surface area contributed by atoms with Gasteiger partial charge in [0.05, 0.1) is 12.2 Å². The molecule has 0 bridgehead atoms. The molecule has 9 nitrogen and oxygen atoms in total. The van der Waals surface area contributed by atoms with E-state index >= 15 is 0 Å². The Morgan fingerprint density at radius 2 is 1.97 bits per heavy atom. The van der Waals surface area contributed by atoms with E-state index in [9.17, 15) is 14.4 Å². The predicted molar refractivity (Wildman–Crippen MR) is 105 cm³/mol. The van der Waals surface area contributed by atoms with Gasteiger partial charge >= 0.3 is 0 Å². The van der Waals surface area contributed by atoms with E-state index in [1.165, 1.54) is 4.90 Å². The molecule has 1 aromatic rings. The first kappa shape index (κ1) is 20.7. The lowest BCUT2D eigenvalue weighted by atomic mass is 10.0. The molecular weight excluding hydrogens is 374 g/mol. The lowest BCUT2D eigenvalue weighted by Gasteiger charge is -2.29. The number of nitrogens with one attached hydrogen (secondary N) is 1. The summed E-state index contributed by atoms with van der Waals surface area (Å²) in [5, 5.41) is 5.82. The summed E-state index contributed by atoms with van der Waals surface area (Å²) in [6.45, 7) is 1.40. The van der Waals surface area contributed by atoms with Crippen LogP contribution in [0.25, 0.3) is 10.4 Å². The van der Waals surface area contributed by atoms with Crippen molar-refractivity contribution in [2.24, 2.45) is 5.11 Å². The van der Waals surface area contributed by atoms with Gasteiger partial charge in [-0.15, -0.1) is 0 Å². The molecule has 0 aliphatic carbocycles. The summed E-state index contributed by atoms with van der Waals surface area (Å²) in [4.78, 5) is 40.7. The molecule has 0 spiro atoms. The van der Waals surface area contributed by atoms with Crippen molar-refractivity contribution in [2.75, 3.05) is 13.2 Å². The SMILES string of the molecule is [N-]=[N+]=NCCCCCCCOc1cccc2c1C(=O)N(C1CCC(=O)NC1=O)C2. The summed E-state index contributed by atoms with van der Waals surface area (Å²) < 4.78 is 5.88. The number of carbonyl (C=O) groups is 3. The molecule has 1 unspecified atom stereocenters. The molecule has 1 saturated heterocycles. The monoisotopic (exact) mass is 399 g/mol. The maximum atomic E-state index is 13.0. The zero-order valence-corrected chi connectivity index (χ0v) is 16.3. The number of azide groups is 1. The molecule has 1 fully saturated rings. The Kier molecular flexibility index (Phi) is 7.08. The third kappa shape index (κ3) is 5.06. The summed E-state index contributed by atoms with van der Waals surface area (Å²) in [7, 11) is 0. The second-order valence-corrected chi connectivity index (χ2v) is 7.26. The van der Waals surface area contributed by atoms with E-state index in [2.05, 4.69) is 15.3 Å². The highest BCUT2D eigenvalue weighted by Crippen LogP contribution is 2.33. The molecule has 9 heteroatoms. The van der Waals surface area contributed by atoms with Crippen LogP contribution in [0.5, 0.6) is 5.75 Å². The number of ether oxygens (including phenoxy) is 1. The number of hydrogen-bond donors (Lipinski definition) is 1. The Labute approximate surface area is 169 Å². The van der Waals surface area contributed by atoms with Gasteiger partial charge in [0.15, 0.2) is 0 Å². The van der Waals surface area contributed by atoms with Crippen LogP contribution in [0.3, 0.4) is 0 Å². The molecule has 29 heavy (non-hydrogen) atoms. The summed E-state index contributed by atoms with van der Waals surface area (Å²) in [6.07, 6.45) is 5.40. The maximum Gasteiger partial charge on any atom is 0.258 e. The topological polar surface area (TPSA) is 124 Å². The average molecular weight is 399 g/mol. The largest absolute Gasteiger partial charge is 0.493 e. The van der Waals surface area contributed by atoms with E-state index in [1.54, 1.807) is 6.07 Å². The number of imide groups is 1. The van der Waals surface area contributed by atoms with Crippen molar-refractivity contribution in [1.82, 2.24) is 10.2 Å². The Morgan fingerprint density at radius 1 is 1.17 bits per heavy atom. The van der Waals surface area contributed by atoms with Gasteiger partial charge in [0, 0.05) is 24.4 Å². The zero-order chi connectivity index (χ0) is 20.6. The van der Waals surface area contributed by atoms with Crippen LogP contribution >= 0.6 is 0 Å². The van der Waals surface area contributed by atoms with Gasteiger partial charge in [-0.2, -0.15) is 0 Å². The van der Waals surface area contributed by atoms with Gasteiger partial charge in [-0.1, -0.05) is 36.5 Å². The second kappa shape index (κ2) is 9.93. The lowest BCUT2D eigenvalue weighted by Crippen LogP contribution is -2.52. The van der Waals surface area contributed by atoms with Gasteiger partial charge < -0.3 is 9.64 Å². The highest BCUT2D eigenvalue weighted by atomic mass is 16.5. The summed E-state index contributed by atoms with van der Waals surface area (Å²) >= 11 is 0. The van der Waals surface area contributed by atoms with Crippen molar-refractivity contribution in [1.29, 1.82) is 0 Å². The predicted octanol–water partition coefficient (Wildman–Crippen LogP) is 3.09. The number of carbonyl (C=O) groups excluding carboxylic acids is 3. The van der Waals surface area contributed by atoms with Crippen LogP contribution in [0, 0.1) is 0 Å². The van der Waals surface area contributed by atoms with Gasteiger partial charge in [-0.25, -0.2) is 0 Å². The molecular formula is C20H25N5O4. The molecule has 0 radical (unpaired) electrons. The van der Waals surface area contributed by atoms with E-state index in [1.807, 2.05) is 12.1 Å². The minimum Gasteiger partial charge on any atom is -0.493 e. The Bertz CT molecular complexity index is 834. The van der Waals surface area contributed by atoms with E-state index in [-0.39, 0.29) is 18.2 Å². The van der Waals surface area contributed by atoms with Gasteiger partial charge in [0.1, 0.15) is 11.8 Å². The first-order valence-corrected chi connectivity index (χ1v) is 10.0. The van der Waals surface area contributed by atoms with Crippen LogP contribution in [0.1, 0.15) is 60.9 Å². The molecule has 3 rings (SSSR count). The molecule has 1 N–H and O–H groups in total. The summed E-state index contributed by atoms with van der Waals surface area (Å²) in [5.41, 5.74) is 9.59. The van der Waals surface area contributed by atoms with Crippen LogP contribution in [-0.4, -0.2) is 41.8 Å². The Balaban J connectivity index is 1.51. The van der Waals surface area contributed by atoms with Crippen molar-refractivity contribution in [3.63, 3.8) is 0 Å². The standard InChI is InChI=1S/C20H25N5O4/c21-24-22-11-4-2-1-3-5-12-29-16-8-6-7-14-13-25(20(28)18(14)16)15-9-10-17(26)23-19(15)27/h6-8,15H,1-5,9-13H2,(H,23,26,27). The number of fused-ring (bicyclic) bond motifs is 1. The van der Waals surface area contributed by atoms with Crippen molar-refractivity contribution < 1.29 is 19.1 Å². The fraction of sp³-hybridized carbons (Fsp3) is 0.550. The number of unbranched alkanes of at least 4 members (excludes halogenated alkanes) is 4. The van der Waals surface area contributed by atoms with E-state index in [0.717, 1.165) is 37.7 Å². The maximum absolute atomic E-state index is 13.0. The quantitative estimate of drug-likeness (QED) is 0.213. The smallest absolute Gasteiger partial charge is 0.258 e. The number of amides is 3. The Morgan fingerprint density at radius 3 is 2.76 bits per heavy atom. The molecule has 1 aromatic carbocycles. The van der Waals surface area contributed by atoms with Crippen LogP contribution < -0.4 is 10.1 Å². The fourth-order valence-corrected chi connectivity index (χ4v) is 3.74. The Hall–Kier alpha value is -3.06.